The summed E-state index contributed by atoms with van der Waals surface area (Å²) < 4.78 is 23.4. The maximum atomic E-state index is 11.4. The molecule has 0 amide bonds. The van der Waals surface area contributed by atoms with Crippen molar-refractivity contribution >= 4 is 0 Å². The first-order valence-corrected chi connectivity index (χ1v) is 13.7. The van der Waals surface area contributed by atoms with E-state index < -0.39 is 104 Å². The van der Waals surface area contributed by atoms with Crippen LogP contribution in [0.4, 0.5) is 0 Å². The molecule has 3 fully saturated rings. The smallest absolute Gasteiger partial charge is 0.186 e. The third-order valence-corrected chi connectivity index (χ3v) is 7.77. The Morgan fingerprint density at radius 1 is 0.850 bits per heavy atom. The molecule has 0 aromatic rings. The van der Waals surface area contributed by atoms with Crippen LogP contribution in [-0.4, -0.2) is 166 Å². The monoisotopic (exact) mass is 584 g/mol. The van der Waals surface area contributed by atoms with Gasteiger partial charge >= 0.3 is 0 Å². The second-order valence-electron chi connectivity index (χ2n) is 10.7. The number of nitrogens with one attached hydrogen (secondary N) is 2. The number of aliphatic hydroxyl groups excluding tert-OH is 7. The quantitative estimate of drug-likeness (QED) is 0.101. The second kappa shape index (κ2) is 15.2. The summed E-state index contributed by atoms with van der Waals surface area (Å²) >= 11 is 0. The zero-order valence-electron chi connectivity index (χ0n) is 22.6. The molecule has 1 saturated carbocycles. The first-order valence-electron chi connectivity index (χ1n) is 13.7. The van der Waals surface area contributed by atoms with Gasteiger partial charge < -0.3 is 88.3 Å². The Hall–Kier alpha value is -0.680. The molecular weight excluding hydrogens is 536 g/mol. The molecule has 0 spiro atoms. The fourth-order valence-electron chi connectivity index (χ4n) is 5.23. The van der Waals surface area contributed by atoms with Crippen molar-refractivity contribution in [3.63, 3.8) is 0 Å². The van der Waals surface area contributed by atoms with Crippen LogP contribution in [0.25, 0.3) is 0 Å². The third-order valence-electron chi connectivity index (χ3n) is 7.77. The van der Waals surface area contributed by atoms with Crippen molar-refractivity contribution in [1.82, 2.24) is 10.6 Å². The SMILES string of the molecule is CCNC[C@H]1O[C@H](OC2[C@@H](N)C[C@@H](NCC(O)CN)[C@H](O[C@H]3O[C@H](CO)[C@@H](O)[C@H](N)[C@H]3O)[C@H]2O)[C@H](N)[C@@H](O)[C@@H]1O. The van der Waals surface area contributed by atoms with E-state index in [1.54, 1.807) is 0 Å². The molecule has 1 aliphatic carbocycles. The summed E-state index contributed by atoms with van der Waals surface area (Å²) in [5.74, 6) is 0. The van der Waals surface area contributed by atoms with Crippen LogP contribution in [0.5, 0.6) is 0 Å². The number of hydrogen-bond donors (Lipinski definition) is 13. The van der Waals surface area contributed by atoms with Crippen molar-refractivity contribution < 1.29 is 54.7 Å². The topological polar surface area (TPSA) is 307 Å². The zero-order chi connectivity index (χ0) is 29.7. The Labute approximate surface area is 232 Å². The second-order valence-corrected chi connectivity index (χ2v) is 10.7. The fraction of sp³-hybridized carbons (Fsp3) is 1.00. The number of likely N-dealkylation sites (N-methyl/N-ethyl adjacent to an activating group) is 1. The van der Waals surface area contributed by atoms with E-state index in [2.05, 4.69) is 10.6 Å². The van der Waals surface area contributed by atoms with Crippen molar-refractivity contribution in [3.05, 3.63) is 0 Å². The molecule has 0 aromatic carbocycles. The largest absolute Gasteiger partial charge is 0.394 e. The first-order chi connectivity index (χ1) is 18.9. The van der Waals surface area contributed by atoms with Crippen LogP contribution in [0.1, 0.15) is 13.3 Å². The van der Waals surface area contributed by atoms with Gasteiger partial charge in [-0.1, -0.05) is 6.92 Å². The van der Waals surface area contributed by atoms with Crippen molar-refractivity contribution in [3.8, 4) is 0 Å². The number of hydrogen-bond acceptors (Lipinski definition) is 17. The minimum atomic E-state index is -1.52. The molecule has 3 aliphatic rings. The Balaban J connectivity index is 1.80. The van der Waals surface area contributed by atoms with Gasteiger partial charge in [-0.2, -0.15) is 0 Å². The maximum Gasteiger partial charge on any atom is 0.186 e. The Bertz CT molecular complexity index is 762. The minimum Gasteiger partial charge on any atom is -0.394 e. The predicted octanol–water partition coefficient (Wildman–Crippen LogP) is -7.72. The van der Waals surface area contributed by atoms with E-state index in [0.717, 1.165) is 0 Å². The molecule has 17 N–H and O–H groups in total. The standard InChI is InChI=1S/C23H48N6O11/c1-2-28-6-11-16(33)17(34)14(27)22(37-11)39-20-9(25)3-10(29-5-8(31)4-24)21(19(20)36)40-23-18(35)13(26)15(32)12(7-30)38-23/h8-23,28-36H,2-7,24-27H2,1H3/t8?,9-,10+,11+,12+,13-,14+,15+,16+,17+,18+,19-,20?,21-,22+,23+/m0/s1. The van der Waals surface area contributed by atoms with Crippen LogP contribution in [0.3, 0.4) is 0 Å². The lowest BCUT2D eigenvalue weighted by Gasteiger charge is -2.49. The van der Waals surface area contributed by atoms with Gasteiger partial charge in [0.2, 0.25) is 0 Å². The van der Waals surface area contributed by atoms with Gasteiger partial charge in [0.15, 0.2) is 12.6 Å². The number of rotatable bonds is 12. The fourth-order valence-corrected chi connectivity index (χ4v) is 5.23. The molecule has 0 bridgehead atoms. The van der Waals surface area contributed by atoms with E-state index in [-0.39, 0.29) is 26.1 Å². The van der Waals surface area contributed by atoms with Crippen LogP contribution in [-0.2, 0) is 18.9 Å². The van der Waals surface area contributed by atoms with Gasteiger partial charge in [-0.15, -0.1) is 0 Å². The molecule has 16 atom stereocenters. The molecule has 0 aromatic heterocycles. The summed E-state index contributed by atoms with van der Waals surface area (Å²) in [7, 11) is 0. The van der Waals surface area contributed by atoms with Crippen LogP contribution in [0.15, 0.2) is 0 Å². The van der Waals surface area contributed by atoms with E-state index in [4.69, 9.17) is 41.9 Å². The summed E-state index contributed by atoms with van der Waals surface area (Å²) in [6.07, 6.45) is -14.9. The van der Waals surface area contributed by atoms with Crippen molar-refractivity contribution in [2.75, 3.05) is 32.8 Å². The van der Waals surface area contributed by atoms with E-state index in [1.165, 1.54) is 0 Å². The Morgan fingerprint density at radius 3 is 2.12 bits per heavy atom. The minimum absolute atomic E-state index is 0.0277. The maximum absolute atomic E-state index is 11.4. The van der Waals surface area contributed by atoms with E-state index in [0.29, 0.717) is 6.54 Å². The van der Waals surface area contributed by atoms with Gasteiger partial charge in [0.1, 0.15) is 54.9 Å². The lowest BCUT2D eigenvalue weighted by atomic mass is 9.83. The molecule has 2 unspecified atom stereocenters. The third kappa shape index (κ3) is 7.63. The average molecular weight is 585 g/mol. The van der Waals surface area contributed by atoms with Gasteiger partial charge in [-0.05, 0) is 13.0 Å². The van der Waals surface area contributed by atoms with Crippen molar-refractivity contribution in [2.24, 2.45) is 22.9 Å². The lowest BCUT2D eigenvalue weighted by molar-refractivity contribution is -0.320. The van der Waals surface area contributed by atoms with Crippen molar-refractivity contribution in [2.45, 2.75) is 111 Å². The molecule has 17 heteroatoms. The van der Waals surface area contributed by atoms with Gasteiger partial charge in [-0.3, -0.25) is 0 Å². The van der Waals surface area contributed by atoms with Crippen LogP contribution in [0, 0.1) is 0 Å². The molecule has 17 nitrogen and oxygen atoms in total. The highest BCUT2D eigenvalue weighted by atomic mass is 16.7. The predicted molar refractivity (Wildman–Crippen MR) is 138 cm³/mol. The Kier molecular flexibility index (Phi) is 12.8. The lowest BCUT2D eigenvalue weighted by Crippen LogP contribution is -2.70. The van der Waals surface area contributed by atoms with Crippen LogP contribution < -0.4 is 33.6 Å². The van der Waals surface area contributed by atoms with E-state index >= 15 is 0 Å². The van der Waals surface area contributed by atoms with Gasteiger partial charge in [0.25, 0.3) is 0 Å². The summed E-state index contributed by atoms with van der Waals surface area (Å²) in [5.41, 5.74) is 23.9. The number of aliphatic hydroxyl groups is 7. The van der Waals surface area contributed by atoms with E-state index in [1.807, 2.05) is 6.92 Å². The molecule has 2 heterocycles. The summed E-state index contributed by atoms with van der Waals surface area (Å²) in [6, 6.07) is -3.91. The van der Waals surface area contributed by atoms with Gasteiger partial charge in [0.05, 0.1) is 24.8 Å². The van der Waals surface area contributed by atoms with Crippen LogP contribution >= 0.6 is 0 Å². The zero-order valence-corrected chi connectivity index (χ0v) is 22.6. The average Bonchev–Trinajstić information content (AvgIpc) is 2.94. The molecule has 2 saturated heterocycles. The summed E-state index contributed by atoms with van der Waals surface area (Å²) in [4.78, 5) is 0. The van der Waals surface area contributed by atoms with Gasteiger partial charge in [-0.25, -0.2) is 0 Å². The molecular formula is C23H48N6O11. The molecule has 2 aliphatic heterocycles. The summed E-state index contributed by atoms with van der Waals surface area (Å²) in [5, 5.41) is 78.8. The van der Waals surface area contributed by atoms with Gasteiger partial charge in [0, 0.05) is 31.7 Å². The normalized spacial score (nSPS) is 47.2. The molecule has 0 radical (unpaired) electrons. The van der Waals surface area contributed by atoms with E-state index in [9.17, 15) is 35.7 Å². The summed E-state index contributed by atoms with van der Waals surface area (Å²) in [6.45, 7) is 2.06. The first kappa shape index (κ1) is 33.8. The molecule has 3 rings (SSSR count). The Morgan fingerprint density at radius 2 is 1.50 bits per heavy atom. The molecule has 40 heavy (non-hydrogen) atoms. The number of nitrogens with two attached hydrogens (primary N) is 4. The molecule has 236 valence electrons. The number of ether oxygens (including phenoxy) is 4. The van der Waals surface area contributed by atoms with Crippen LogP contribution in [0.2, 0.25) is 0 Å². The highest BCUT2D eigenvalue weighted by Gasteiger charge is 2.52. The highest BCUT2D eigenvalue weighted by Crippen LogP contribution is 2.31. The highest BCUT2D eigenvalue weighted by molar-refractivity contribution is 5.03. The van der Waals surface area contributed by atoms with Crippen molar-refractivity contribution in [1.29, 1.82) is 0 Å².